The highest BCUT2D eigenvalue weighted by atomic mass is 79.9. The smallest absolute Gasteiger partial charge is 0.303 e. The molecular weight excluding hydrogens is 354 g/mol. The molecule has 1 aromatic rings. The Kier molecular flexibility index (Phi) is 7.25. The molecule has 0 fully saturated rings. The summed E-state index contributed by atoms with van der Waals surface area (Å²) in [5.41, 5.74) is 2.27. The van der Waals surface area contributed by atoms with Crippen molar-refractivity contribution in [1.29, 1.82) is 0 Å². The SMILES string of the molecule is Cc1cc(SCC(=O)NCC(C)CC(=O)O)c(C)cc1Br. The molecule has 0 saturated carbocycles. The van der Waals surface area contributed by atoms with Crippen molar-refractivity contribution in [3.63, 3.8) is 0 Å². The summed E-state index contributed by atoms with van der Waals surface area (Å²) in [7, 11) is 0. The number of aliphatic carboxylic acids is 1. The van der Waals surface area contributed by atoms with Gasteiger partial charge >= 0.3 is 5.97 Å². The normalized spacial score (nSPS) is 12.0. The van der Waals surface area contributed by atoms with Gasteiger partial charge < -0.3 is 10.4 Å². The van der Waals surface area contributed by atoms with Gasteiger partial charge in [0.15, 0.2) is 0 Å². The van der Waals surface area contributed by atoms with E-state index in [0.29, 0.717) is 12.3 Å². The standard InChI is InChI=1S/C15H20BrNO3S/c1-9(4-15(19)20)7-17-14(18)8-21-13-6-10(2)12(16)5-11(13)3/h5-6,9H,4,7-8H2,1-3H3,(H,17,18)(H,19,20). The zero-order valence-electron chi connectivity index (χ0n) is 12.4. The zero-order valence-corrected chi connectivity index (χ0v) is 14.8. The topological polar surface area (TPSA) is 66.4 Å². The summed E-state index contributed by atoms with van der Waals surface area (Å²) < 4.78 is 1.07. The number of halogens is 1. The molecule has 0 spiro atoms. The van der Waals surface area contributed by atoms with Crippen LogP contribution in [-0.4, -0.2) is 29.3 Å². The van der Waals surface area contributed by atoms with Crippen molar-refractivity contribution in [2.24, 2.45) is 5.92 Å². The highest BCUT2D eigenvalue weighted by Gasteiger charge is 2.10. The molecule has 2 N–H and O–H groups in total. The van der Waals surface area contributed by atoms with Gasteiger partial charge in [0.25, 0.3) is 0 Å². The van der Waals surface area contributed by atoms with Crippen LogP contribution in [0.3, 0.4) is 0 Å². The first-order valence-electron chi connectivity index (χ1n) is 6.67. The Labute approximate surface area is 137 Å². The quantitative estimate of drug-likeness (QED) is 0.718. The van der Waals surface area contributed by atoms with Crippen LogP contribution < -0.4 is 5.32 Å². The highest BCUT2D eigenvalue weighted by Crippen LogP contribution is 2.28. The van der Waals surface area contributed by atoms with Crippen molar-refractivity contribution < 1.29 is 14.7 Å². The minimum atomic E-state index is -0.841. The lowest BCUT2D eigenvalue weighted by atomic mass is 10.1. The Hall–Kier alpha value is -1.01. The summed E-state index contributed by atoms with van der Waals surface area (Å²) in [5.74, 6) is -0.640. The van der Waals surface area contributed by atoms with Crippen LogP contribution in [0, 0.1) is 19.8 Å². The summed E-state index contributed by atoms with van der Waals surface area (Å²) in [6.07, 6.45) is 0.0679. The van der Waals surface area contributed by atoms with Crippen molar-refractivity contribution in [3.05, 3.63) is 27.7 Å². The average molecular weight is 374 g/mol. The molecule has 1 unspecified atom stereocenters. The molecule has 0 heterocycles. The van der Waals surface area contributed by atoms with E-state index in [-0.39, 0.29) is 18.2 Å². The second-order valence-electron chi connectivity index (χ2n) is 5.16. The number of carboxylic acid groups (broad SMARTS) is 1. The maximum absolute atomic E-state index is 11.8. The maximum atomic E-state index is 11.8. The van der Waals surface area contributed by atoms with Crippen LogP contribution in [0.1, 0.15) is 24.5 Å². The van der Waals surface area contributed by atoms with Crippen LogP contribution >= 0.6 is 27.7 Å². The van der Waals surface area contributed by atoms with Crippen molar-refractivity contribution in [2.45, 2.75) is 32.1 Å². The van der Waals surface area contributed by atoms with Gasteiger partial charge in [-0.3, -0.25) is 9.59 Å². The first kappa shape index (κ1) is 18.0. The highest BCUT2D eigenvalue weighted by molar-refractivity contribution is 9.10. The molecule has 1 rings (SSSR count). The van der Waals surface area contributed by atoms with Gasteiger partial charge in [0.05, 0.1) is 5.75 Å². The van der Waals surface area contributed by atoms with Gasteiger partial charge in [0, 0.05) is 22.3 Å². The summed E-state index contributed by atoms with van der Waals surface area (Å²) in [6.45, 7) is 6.23. The monoisotopic (exact) mass is 373 g/mol. The van der Waals surface area contributed by atoms with Crippen LogP contribution in [0.2, 0.25) is 0 Å². The van der Waals surface area contributed by atoms with Crippen molar-refractivity contribution >= 4 is 39.6 Å². The number of benzene rings is 1. The molecule has 0 bridgehead atoms. The number of amides is 1. The van der Waals surface area contributed by atoms with E-state index in [4.69, 9.17) is 5.11 Å². The number of hydrogen-bond donors (Lipinski definition) is 2. The summed E-state index contributed by atoms with van der Waals surface area (Å²) in [4.78, 5) is 23.4. The number of hydrogen-bond acceptors (Lipinski definition) is 3. The predicted octanol–water partition coefficient (Wildman–Crippen LogP) is 3.39. The van der Waals surface area contributed by atoms with Gasteiger partial charge in [-0.05, 0) is 43.0 Å². The Balaban J connectivity index is 2.43. The summed E-state index contributed by atoms with van der Waals surface area (Å²) in [6, 6.07) is 4.11. The third-order valence-corrected chi connectivity index (χ3v) is 5.00. The maximum Gasteiger partial charge on any atom is 0.303 e. The number of thioether (sulfide) groups is 1. The van der Waals surface area contributed by atoms with Gasteiger partial charge in [0.1, 0.15) is 0 Å². The summed E-state index contributed by atoms with van der Waals surface area (Å²) >= 11 is 4.98. The molecule has 21 heavy (non-hydrogen) atoms. The lowest BCUT2D eigenvalue weighted by molar-refractivity contribution is -0.138. The number of carbonyl (C=O) groups excluding carboxylic acids is 1. The Bertz CT molecular complexity index is 534. The van der Waals surface area contributed by atoms with Crippen LogP contribution in [0.4, 0.5) is 0 Å². The third kappa shape index (κ3) is 6.52. The Morgan fingerprint density at radius 2 is 2.00 bits per heavy atom. The molecule has 0 saturated heterocycles. The third-order valence-electron chi connectivity index (χ3n) is 2.99. The first-order chi connectivity index (χ1) is 9.79. The van der Waals surface area contributed by atoms with Gasteiger partial charge in [-0.2, -0.15) is 0 Å². The number of carboxylic acids is 1. The first-order valence-corrected chi connectivity index (χ1v) is 8.45. The second-order valence-corrected chi connectivity index (χ2v) is 7.03. The van der Waals surface area contributed by atoms with E-state index in [1.807, 2.05) is 26.8 Å². The van der Waals surface area contributed by atoms with Gasteiger partial charge in [-0.1, -0.05) is 22.9 Å². The van der Waals surface area contributed by atoms with Gasteiger partial charge in [0.2, 0.25) is 5.91 Å². The largest absolute Gasteiger partial charge is 0.481 e. The zero-order chi connectivity index (χ0) is 16.0. The number of nitrogens with one attached hydrogen (secondary N) is 1. The fourth-order valence-electron chi connectivity index (χ4n) is 1.76. The van der Waals surface area contributed by atoms with Gasteiger partial charge in [-0.25, -0.2) is 0 Å². The molecule has 1 atom stereocenters. The summed E-state index contributed by atoms with van der Waals surface area (Å²) in [5, 5.41) is 11.4. The number of aryl methyl sites for hydroxylation is 2. The molecule has 0 aromatic heterocycles. The van der Waals surface area contributed by atoms with Crippen LogP contribution in [0.15, 0.2) is 21.5 Å². The van der Waals surface area contributed by atoms with Crippen molar-refractivity contribution in [1.82, 2.24) is 5.32 Å². The molecule has 4 nitrogen and oxygen atoms in total. The Morgan fingerprint density at radius 3 is 2.62 bits per heavy atom. The number of carbonyl (C=O) groups is 2. The minimum absolute atomic E-state index is 0.0619. The molecule has 0 aliphatic carbocycles. The number of rotatable bonds is 7. The fraction of sp³-hybridized carbons (Fsp3) is 0.467. The Morgan fingerprint density at radius 1 is 1.33 bits per heavy atom. The lowest BCUT2D eigenvalue weighted by Gasteiger charge is -2.11. The van der Waals surface area contributed by atoms with Gasteiger partial charge in [-0.15, -0.1) is 11.8 Å². The van der Waals surface area contributed by atoms with E-state index < -0.39 is 5.97 Å². The van der Waals surface area contributed by atoms with E-state index >= 15 is 0 Å². The van der Waals surface area contributed by atoms with Crippen LogP contribution in [0.5, 0.6) is 0 Å². The minimum Gasteiger partial charge on any atom is -0.481 e. The molecule has 0 radical (unpaired) electrons. The van der Waals surface area contributed by atoms with Crippen LogP contribution in [-0.2, 0) is 9.59 Å². The molecule has 6 heteroatoms. The molecule has 116 valence electrons. The van der Waals surface area contributed by atoms with E-state index in [1.54, 1.807) is 0 Å². The van der Waals surface area contributed by atoms with E-state index in [2.05, 4.69) is 27.3 Å². The lowest BCUT2D eigenvalue weighted by Crippen LogP contribution is -2.30. The molecule has 0 aliphatic rings. The molecule has 0 aliphatic heterocycles. The predicted molar refractivity (Wildman–Crippen MR) is 88.8 cm³/mol. The average Bonchev–Trinajstić information content (AvgIpc) is 2.38. The van der Waals surface area contributed by atoms with E-state index in [1.165, 1.54) is 11.8 Å². The van der Waals surface area contributed by atoms with E-state index in [0.717, 1.165) is 20.5 Å². The van der Waals surface area contributed by atoms with Crippen molar-refractivity contribution in [2.75, 3.05) is 12.3 Å². The van der Waals surface area contributed by atoms with Crippen LogP contribution in [0.25, 0.3) is 0 Å². The van der Waals surface area contributed by atoms with Crippen molar-refractivity contribution in [3.8, 4) is 0 Å². The molecule has 1 aromatic carbocycles. The van der Waals surface area contributed by atoms with E-state index in [9.17, 15) is 9.59 Å². The fourth-order valence-corrected chi connectivity index (χ4v) is 3.16. The molecule has 1 amide bonds. The molecular formula is C15H20BrNO3S. The second kappa shape index (κ2) is 8.44.